The first-order valence-corrected chi connectivity index (χ1v) is 7.76. The van der Waals surface area contributed by atoms with E-state index in [2.05, 4.69) is 41.5 Å². The summed E-state index contributed by atoms with van der Waals surface area (Å²) in [6, 6.07) is 8.96. The largest absolute Gasteiger partial charge is 0.392 e. The highest BCUT2D eigenvalue weighted by Crippen LogP contribution is 2.22. The van der Waals surface area contributed by atoms with E-state index < -0.39 is 0 Å². The predicted molar refractivity (Wildman–Crippen MR) is 83.4 cm³/mol. The van der Waals surface area contributed by atoms with Gasteiger partial charge in [0.25, 0.3) is 0 Å². The summed E-state index contributed by atoms with van der Waals surface area (Å²) in [7, 11) is 0. The van der Waals surface area contributed by atoms with E-state index in [0.29, 0.717) is 0 Å². The number of imidazole rings is 1. The van der Waals surface area contributed by atoms with E-state index in [9.17, 15) is 5.11 Å². The third-order valence-corrected chi connectivity index (χ3v) is 4.39. The zero-order chi connectivity index (χ0) is 14.7. The van der Waals surface area contributed by atoms with Crippen LogP contribution in [-0.4, -0.2) is 26.8 Å². The van der Waals surface area contributed by atoms with Crippen molar-refractivity contribution in [3.63, 3.8) is 0 Å². The predicted octanol–water partition coefficient (Wildman–Crippen LogP) is 2.83. The third kappa shape index (κ3) is 3.34. The van der Waals surface area contributed by atoms with E-state index in [1.807, 2.05) is 10.8 Å². The van der Waals surface area contributed by atoms with E-state index in [4.69, 9.17) is 0 Å². The number of aromatic nitrogens is 2. The second kappa shape index (κ2) is 6.41. The average Bonchev–Trinajstić information content (AvgIpc) is 3.04. The maximum atomic E-state index is 10.1. The van der Waals surface area contributed by atoms with Gasteiger partial charge in [0.05, 0.1) is 12.4 Å². The van der Waals surface area contributed by atoms with Crippen molar-refractivity contribution in [2.75, 3.05) is 0 Å². The summed E-state index contributed by atoms with van der Waals surface area (Å²) >= 11 is 0. The minimum atomic E-state index is -0.202. The standard InChI is InChI=1S/C17H23N3O/c1-13(19-16-4-2-3-5-17(16)21)14-6-8-15(9-7-14)20-11-10-18-12-20/h6-13,16-17,19,21H,2-5H2,1H3. The van der Waals surface area contributed by atoms with Crippen LogP contribution in [0.1, 0.15) is 44.2 Å². The molecule has 0 radical (unpaired) electrons. The first-order valence-electron chi connectivity index (χ1n) is 7.76. The summed E-state index contributed by atoms with van der Waals surface area (Å²) in [4.78, 5) is 4.06. The molecule has 4 heteroatoms. The lowest BCUT2D eigenvalue weighted by Crippen LogP contribution is -2.43. The normalized spacial score (nSPS) is 23.9. The molecule has 112 valence electrons. The molecule has 0 saturated heterocycles. The fourth-order valence-electron chi connectivity index (χ4n) is 3.07. The third-order valence-electron chi connectivity index (χ3n) is 4.39. The number of rotatable bonds is 4. The van der Waals surface area contributed by atoms with Crippen molar-refractivity contribution < 1.29 is 5.11 Å². The zero-order valence-corrected chi connectivity index (χ0v) is 12.4. The Bertz CT molecular complexity index is 550. The molecule has 2 aromatic rings. The van der Waals surface area contributed by atoms with Crippen molar-refractivity contribution >= 4 is 0 Å². The number of aliphatic hydroxyl groups excluding tert-OH is 1. The van der Waals surface area contributed by atoms with Gasteiger partial charge in [-0.05, 0) is 37.5 Å². The monoisotopic (exact) mass is 285 g/mol. The van der Waals surface area contributed by atoms with Crippen molar-refractivity contribution in [2.45, 2.75) is 50.8 Å². The van der Waals surface area contributed by atoms with Gasteiger partial charge >= 0.3 is 0 Å². The maximum absolute atomic E-state index is 10.1. The number of hydrogen-bond donors (Lipinski definition) is 2. The summed E-state index contributed by atoms with van der Waals surface area (Å²) < 4.78 is 1.99. The first-order chi connectivity index (χ1) is 10.2. The average molecular weight is 285 g/mol. The lowest BCUT2D eigenvalue weighted by atomic mass is 9.91. The molecule has 1 aromatic heterocycles. The Morgan fingerprint density at radius 3 is 2.67 bits per heavy atom. The lowest BCUT2D eigenvalue weighted by molar-refractivity contribution is 0.0860. The molecule has 1 aromatic carbocycles. The first kappa shape index (κ1) is 14.3. The molecule has 0 spiro atoms. The molecule has 3 atom stereocenters. The number of benzene rings is 1. The van der Waals surface area contributed by atoms with Crippen molar-refractivity contribution in [2.24, 2.45) is 0 Å². The van der Waals surface area contributed by atoms with Crippen LogP contribution in [0.4, 0.5) is 0 Å². The maximum Gasteiger partial charge on any atom is 0.0991 e. The Morgan fingerprint density at radius 2 is 2.00 bits per heavy atom. The Hall–Kier alpha value is -1.65. The molecule has 1 aliphatic carbocycles. The highest BCUT2D eigenvalue weighted by atomic mass is 16.3. The van der Waals surface area contributed by atoms with Crippen molar-refractivity contribution in [3.8, 4) is 5.69 Å². The van der Waals surface area contributed by atoms with E-state index >= 15 is 0 Å². The van der Waals surface area contributed by atoms with E-state index in [0.717, 1.165) is 24.9 Å². The van der Waals surface area contributed by atoms with Crippen LogP contribution in [0.15, 0.2) is 43.0 Å². The molecule has 0 aliphatic heterocycles. The van der Waals surface area contributed by atoms with Gasteiger partial charge in [-0.15, -0.1) is 0 Å². The molecule has 0 bridgehead atoms. The van der Waals surface area contributed by atoms with E-state index in [1.165, 1.54) is 12.0 Å². The van der Waals surface area contributed by atoms with Crippen LogP contribution in [0.25, 0.3) is 5.69 Å². The zero-order valence-electron chi connectivity index (χ0n) is 12.4. The van der Waals surface area contributed by atoms with E-state index in [1.54, 1.807) is 12.5 Å². The minimum Gasteiger partial charge on any atom is -0.392 e. The second-order valence-electron chi connectivity index (χ2n) is 5.91. The molecule has 2 N–H and O–H groups in total. The van der Waals surface area contributed by atoms with Crippen LogP contribution in [0.2, 0.25) is 0 Å². The van der Waals surface area contributed by atoms with Crippen molar-refractivity contribution in [1.82, 2.24) is 14.9 Å². The van der Waals surface area contributed by atoms with E-state index in [-0.39, 0.29) is 18.2 Å². The van der Waals surface area contributed by atoms with Crippen LogP contribution in [0, 0.1) is 0 Å². The smallest absolute Gasteiger partial charge is 0.0991 e. The topological polar surface area (TPSA) is 50.1 Å². The Morgan fingerprint density at radius 1 is 1.24 bits per heavy atom. The van der Waals surface area contributed by atoms with Crippen molar-refractivity contribution in [3.05, 3.63) is 48.5 Å². The molecule has 0 amide bonds. The van der Waals surface area contributed by atoms with Gasteiger partial charge < -0.3 is 15.0 Å². The van der Waals surface area contributed by atoms with Crippen LogP contribution in [0.5, 0.6) is 0 Å². The number of nitrogens with one attached hydrogen (secondary N) is 1. The van der Waals surface area contributed by atoms with Crippen LogP contribution < -0.4 is 5.32 Å². The van der Waals surface area contributed by atoms with Crippen LogP contribution in [0.3, 0.4) is 0 Å². The minimum absolute atomic E-state index is 0.202. The van der Waals surface area contributed by atoms with Gasteiger partial charge in [-0.2, -0.15) is 0 Å². The summed E-state index contributed by atoms with van der Waals surface area (Å²) in [6.07, 6.45) is 9.66. The fraction of sp³-hybridized carbons (Fsp3) is 0.471. The lowest BCUT2D eigenvalue weighted by Gasteiger charge is -2.31. The molecule has 4 nitrogen and oxygen atoms in total. The van der Waals surface area contributed by atoms with Gasteiger partial charge in [-0.1, -0.05) is 25.0 Å². The second-order valence-corrected chi connectivity index (χ2v) is 5.91. The molecular formula is C17H23N3O. The van der Waals surface area contributed by atoms with Crippen molar-refractivity contribution in [1.29, 1.82) is 0 Å². The van der Waals surface area contributed by atoms with Crippen LogP contribution >= 0.6 is 0 Å². The fourth-order valence-corrected chi connectivity index (χ4v) is 3.07. The molecule has 1 fully saturated rings. The van der Waals surface area contributed by atoms with Gasteiger partial charge in [0.15, 0.2) is 0 Å². The van der Waals surface area contributed by atoms with Gasteiger partial charge in [0.1, 0.15) is 0 Å². The number of nitrogens with zero attached hydrogens (tertiary/aromatic N) is 2. The number of hydrogen-bond acceptors (Lipinski definition) is 3. The molecular weight excluding hydrogens is 262 g/mol. The highest BCUT2D eigenvalue weighted by molar-refractivity contribution is 5.35. The van der Waals surface area contributed by atoms with Gasteiger partial charge in [0.2, 0.25) is 0 Å². The van der Waals surface area contributed by atoms with Gasteiger partial charge in [0, 0.05) is 30.2 Å². The Labute approximate surface area is 125 Å². The molecule has 1 heterocycles. The Kier molecular flexibility index (Phi) is 4.36. The molecule has 1 saturated carbocycles. The molecule has 3 rings (SSSR count). The summed E-state index contributed by atoms with van der Waals surface area (Å²) in [6.45, 7) is 2.16. The summed E-state index contributed by atoms with van der Waals surface area (Å²) in [5.74, 6) is 0. The van der Waals surface area contributed by atoms with Gasteiger partial charge in [-0.3, -0.25) is 0 Å². The number of aliphatic hydroxyl groups is 1. The van der Waals surface area contributed by atoms with Crippen LogP contribution in [-0.2, 0) is 0 Å². The molecule has 3 unspecified atom stereocenters. The quantitative estimate of drug-likeness (QED) is 0.908. The summed E-state index contributed by atoms with van der Waals surface area (Å²) in [5, 5.41) is 13.6. The molecule has 21 heavy (non-hydrogen) atoms. The SMILES string of the molecule is CC(NC1CCCCC1O)c1ccc(-n2ccnc2)cc1. The highest BCUT2D eigenvalue weighted by Gasteiger charge is 2.24. The van der Waals surface area contributed by atoms with Gasteiger partial charge in [-0.25, -0.2) is 4.98 Å². The Balaban J connectivity index is 1.66. The molecule has 1 aliphatic rings. The summed E-state index contributed by atoms with van der Waals surface area (Å²) in [5.41, 5.74) is 2.36.